The van der Waals surface area contributed by atoms with Crippen molar-refractivity contribution in [3.8, 4) is 0 Å². The van der Waals surface area contributed by atoms with Crippen LogP contribution in [0.1, 0.15) is 40.9 Å². The number of hydrogen-bond acceptors (Lipinski definition) is 8. The van der Waals surface area contributed by atoms with Crippen molar-refractivity contribution in [3.05, 3.63) is 89.8 Å². The number of amidine groups is 1. The first-order valence-electron chi connectivity index (χ1n) is 11.5. The molecule has 9 nitrogen and oxygen atoms in total. The van der Waals surface area contributed by atoms with E-state index in [9.17, 15) is 4.79 Å². The van der Waals surface area contributed by atoms with E-state index in [-0.39, 0.29) is 5.88 Å². The summed E-state index contributed by atoms with van der Waals surface area (Å²) < 4.78 is 10.4. The molecule has 3 N–H and O–H groups in total. The maximum atomic E-state index is 11.8. The minimum absolute atomic E-state index is 0.231. The molecule has 0 spiro atoms. The lowest BCUT2D eigenvalue weighted by molar-refractivity contribution is 0.0600. The fourth-order valence-electron chi connectivity index (χ4n) is 3.50. The number of nitrogens with two attached hydrogens (primary N) is 1. The second kappa shape index (κ2) is 13.5. The van der Waals surface area contributed by atoms with Crippen molar-refractivity contribution in [1.82, 2.24) is 15.3 Å². The maximum Gasteiger partial charge on any atom is 0.337 e. The molecule has 184 valence electrons. The number of aromatic nitrogens is 1. The normalized spacial score (nSPS) is 14.6. The molecule has 1 aromatic carbocycles. The second-order valence-electron chi connectivity index (χ2n) is 7.91. The molecule has 0 radical (unpaired) electrons. The van der Waals surface area contributed by atoms with Crippen LogP contribution in [-0.4, -0.2) is 54.7 Å². The topological polar surface area (TPSA) is 114 Å². The predicted octanol–water partition coefficient (Wildman–Crippen LogP) is 3.21. The van der Waals surface area contributed by atoms with Crippen molar-refractivity contribution in [1.29, 1.82) is 0 Å². The van der Waals surface area contributed by atoms with Gasteiger partial charge in [-0.15, -0.1) is 0 Å². The van der Waals surface area contributed by atoms with Crippen LogP contribution in [0.25, 0.3) is 0 Å². The molecule has 1 fully saturated rings. The van der Waals surface area contributed by atoms with Gasteiger partial charge < -0.3 is 20.1 Å². The maximum absolute atomic E-state index is 11.8. The van der Waals surface area contributed by atoms with Gasteiger partial charge in [-0.2, -0.15) is 10.1 Å². The zero-order valence-electron chi connectivity index (χ0n) is 20.0. The molecule has 0 saturated carbocycles. The van der Waals surface area contributed by atoms with Gasteiger partial charge in [0.25, 0.3) is 0 Å². The van der Waals surface area contributed by atoms with Crippen LogP contribution in [0.2, 0.25) is 0 Å². The highest BCUT2D eigenvalue weighted by Gasteiger charge is 2.12. The average molecular weight is 477 g/mol. The quantitative estimate of drug-likeness (QED) is 0.178. The molecule has 1 aliphatic rings. The minimum atomic E-state index is -0.410. The summed E-state index contributed by atoms with van der Waals surface area (Å²) in [5, 5.41) is 4.26. The molecule has 35 heavy (non-hydrogen) atoms. The number of likely N-dealkylation sites (tertiary alicyclic amines) is 1. The average Bonchev–Trinajstić information content (AvgIpc) is 2.89. The summed E-state index contributed by atoms with van der Waals surface area (Å²) in [7, 11) is 1.35. The molecule has 0 bridgehead atoms. The van der Waals surface area contributed by atoms with Crippen LogP contribution in [0.3, 0.4) is 0 Å². The number of benzene rings is 1. The van der Waals surface area contributed by atoms with Gasteiger partial charge in [-0.05, 0) is 55.7 Å². The number of methoxy groups -OCH3 is 1. The van der Waals surface area contributed by atoms with E-state index in [1.165, 1.54) is 13.5 Å². The van der Waals surface area contributed by atoms with Crippen LogP contribution in [0, 0.1) is 0 Å². The van der Waals surface area contributed by atoms with Crippen LogP contribution in [0.4, 0.5) is 0 Å². The van der Waals surface area contributed by atoms with Crippen molar-refractivity contribution < 1.29 is 14.3 Å². The number of rotatable bonds is 10. The summed E-state index contributed by atoms with van der Waals surface area (Å²) in [4.78, 5) is 22.6. The molecule has 2 aromatic rings. The number of nitrogens with one attached hydrogen (secondary N) is 1. The Kier molecular flexibility index (Phi) is 9.86. The number of ether oxygens (including phenoxy) is 2. The Morgan fingerprint density at radius 1 is 1.23 bits per heavy atom. The number of nitrogens with zero attached hydrogens (tertiary/aromatic N) is 4. The third kappa shape index (κ3) is 8.62. The Hall–Kier alpha value is -4.14. The largest absolute Gasteiger partial charge is 0.478 e. The highest BCUT2D eigenvalue weighted by molar-refractivity contribution is 5.95. The standard InChI is InChI=1S/C26H32N6O3/c1-20(35-16-12-23-11-4-5-13-28-23)30-25(18-24(27)32-14-6-3-7-15-32)31-29-19-21-9-8-10-22(17-21)26(33)34-2/h4-5,8-11,13,17-19H,1,3,6-7,12,14-16,27H2,2H3,(H,30,31)/b24-18+,29-19+. The van der Waals surface area contributed by atoms with Crippen LogP contribution < -0.4 is 11.2 Å². The summed E-state index contributed by atoms with van der Waals surface area (Å²) in [5.74, 6) is 0.803. The van der Waals surface area contributed by atoms with Crippen molar-refractivity contribution in [2.45, 2.75) is 25.7 Å². The van der Waals surface area contributed by atoms with Gasteiger partial charge >= 0.3 is 5.97 Å². The van der Waals surface area contributed by atoms with Crippen LogP contribution in [0.15, 0.2) is 83.1 Å². The third-order valence-corrected chi connectivity index (χ3v) is 5.30. The Labute approximate surface area is 206 Å². The molecule has 0 aliphatic carbocycles. The number of aliphatic imine (C=N–C) groups is 1. The smallest absolute Gasteiger partial charge is 0.337 e. The SMILES string of the molecule is C=C(/N=C(\C=C(/N)N1CCCCC1)N/N=C/c1cccc(C(=O)OC)c1)OCCc1ccccn1. The van der Waals surface area contributed by atoms with Gasteiger partial charge in [-0.1, -0.05) is 18.2 Å². The van der Waals surface area contributed by atoms with E-state index in [1.807, 2.05) is 24.3 Å². The molecule has 1 aromatic heterocycles. The lowest BCUT2D eigenvalue weighted by atomic mass is 10.1. The van der Waals surface area contributed by atoms with E-state index in [0.717, 1.165) is 37.2 Å². The third-order valence-electron chi connectivity index (χ3n) is 5.30. The predicted molar refractivity (Wildman–Crippen MR) is 137 cm³/mol. The molecule has 1 aliphatic heterocycles. The van der Waals surface area contributed by atoms with Gasteiger partial charge in [0.15, 0.2) is 5.84 Å². The Balaban J connectivity index is 1.68. The fraction of sp³-hybridized carbons (Fsp3) is 0.308. The molecule has 0 atom stereocenters. The zero-order valence-corrected chi connectivity index (χ0v) is 20.0. The highest BCUT2D eigenvalue weighted by atomic mass is 16.5. The summed E-state index contributed by atoms with van der Waals surface area (Å²) in [5.41, 5.74) is 11.3. The van der Waals surface area contributed by atoms with E-state index >= 15 is 0 Å². The zero-order chi connectivity index (χ0) is 24.9. The van der Waals surface area contributed by atoms with Gasteiger partial charge in [0.05, 0.1) is 25.5 Å². The van der Waals surface area contributed by atoms with E-state index < -0.39 is 5.97 Å². The van der Waals surface area contributed by atoms with Crippen LogP contribution in [0.5, 0.6) is 0 Å². The van der Waals surface area contributed by atoms with Gasteiger partial charge in [-0.25, -0.2) is 4.79 Å². The number of esters is 1. The molecule has 1 saturated heterocycles. The van der Waals surface area contributed by atoms with Crippen molar-refractivity contribution in [3.63, 3.8) is 0 Å². The fourth-order valence-corrected chi connectivity index (χ4v) is 3.50. The number of hydrazone groups is 1. The van der Waals surface area contributed by atoms with Gasteiger partial charge in [-0.3, -0.25) is 10.4 Å². The summed E-state index contributed by atoms with van der Waals surface area (Å²) >= 11 is 0. The van der Waals surface area contributed by atoms with Crippen molar-refractivity contribution >= 4 is 18.0 Å². The molecular formula is C26H32N6O3. The van der Waals surface area contributed by atoms with Gasteiger partial charge in [0, 0.05) is 37.5 Å². The molecule has 0 amide bonds. The number of carbonyl (C=O) groups is 1. The van der Waals surface area contributed by atoms with Crippen molar-refractivity contribution in [2.24, 2.45) is 15.8 Å². The number of carbonyl (C=O) groups excluding carboxylic acids is 1. The molecule has 9 heteroatoms. The van der Waals surface area contributed by atoms with Crippen LogP contribution in [-0.2, 0) is 15.9 Å². The van der Waals surface area contributed by atoms with Crippen LogP contribution >= 0.6 is 0 Å². The first-order valence-corrected chi connectivity index (χ1v) is 11.5. The summed E-state index contributed by atoms with van der Waals surface area (Å²) in [6.07, 6.45) is 9.10. The first-order chi connectivity index (χ1) is 17.0. The number of pyridine rings is 1. The Morgan fingerprint density at radius 2 is 2.06 bits per heavy atom. The van der Waals surface area contributed by atoms with Gasteiger partial charge in [0.2, 0.25) is 5.88 Å². The monoisotopic (exact) mass is 476 g/mol. The Morgan fingerprint density at radius 3 is 2.80 bits per heavy atom. The highest BCUT2D eigenvalue weighted by Crippen LogP contribution is 2.12. The van der Waals surface area contributed by atoms with E-state index in [0.29, 0.717) is 30.2 Å². The van der Waals surface area contributed by atoms with Crippen molar-refractivity contribution in [2.75, 3.05) is 26.8 Å². The van der Waals surface area contributed by atoms with E-state index in [4.69, 9.17) is 15.2 Å². The second-order valence-corrected chi connectivity index (χ2v) is 7.91. The molecule has 2 heterocycles. The van der Waals surface area contributed by atoms with E-state index in [1.54, 1.807) is 36.7 Å². The van der Waals surface area contributed by atoms with E-state index in [2.05, 4.69) is 32.0 Å². The molecular weight excluding hydrogens is 444 g/mol. The molecule has 3 rings (SSSR count). The van der Waals surface area contributed by atoms with Gasteiger partial charge in [0.1, 0.15) is 5.82 Å². The summed E-state index contributed by atoms with van der Waals surface area (Å²) in [6.45, 7) is 6.09. The molecule has 0 unspecified atom stereocenters. The minimum Gasteiger partial charge on any atom is -0.478 e. The Bertz CT molecular complexity index is 1080. The first kappa shape index (κ1) is 25.5. The number of hydrogen-bond donors (Lipinski definition) is 2. The number of piperidine rings is 1. The lowest BCUT2D eigenvalue weighted by Crippen LogP contribution is -2.34. The summed E-state index contributed by atoms with van der Waals surface area (Å²) in [6, 6.07) is 12.7. The lowest BCUT2D eigenvalue weighted by Gasteiger charge is -2.28.